The van der Waals surface area contributed by atoms with E-state index in [9.17, 15) is 8.42 Å². The highest BCUT2D eigenvalue weighted by molar-refractivity contribution is 7.89. The molecule has 4 N–H and O–H groups in total. The lowest BCUT2D eigenvalue weighted by Crippen LogP contribution is -2.29. The van der Waals surface area contributed by atoms with Crippen LogP contribution in [0, 0.1) is 10.8 Å². The van der Waals surface area contributed by atoms with Gasteiger partial charge in [-0.1, -0.05) is 27.7 Å². The Kier molecular flexibility index (Phi) is 2.88. The van der Waals surface area contributed by atoms with E-state index in [0.29, 0.717) is 12.2 Å². The largest absolute Gasteiger partial charge is 0.363 e. The molecular formula is C12H21N3O2S. The van der Waals surface area contributed by atoms with Crippen LogP contribution < -0.4 is 10.5 Å². The minimum Gasteiger partial charge on any atom is -0.363 e. The van der Waals surface area contributed by atoms with Crippen molar-refractivity contribution in [2.24, 2.45) is 16.6 Å². The van der Waals surface area contributed by atoms with E-state index in [1.807, 2.05) is 0 Å². The summed E-state index contributed by atoms with van der Waals surface area (Å²) in [5.41, 5.74) is 6.13. The zero-order chi connectivity index (χ0) is 13.8. The van der Waals surface area contributed by atoms with Gasteiger partial charge in [0.15, 0.2) is 0 Å². The number of hydrogen-bond donors (Lipinski definition) is 3. The molecule has 1 aromatic rings. The number of rotatable bonds is 4. The van der Waals surface area contributed by atoms with Crippen molar-refractivity contribution in [2.45, 2.75) is 45.2 Å². The molecule has 5 nitrogen and oxygen atoms in total. The normalized spacial score (nSPS) is 22.1. The fourth-order valence-corrected chi connectivity index (χ4v) is 3.95. The van der Waals surface area contributed by atoms with E-state index >= 15 is 0 Å². The molecule has 0 aromatic carbocycles. The fraction of sp³-hybridized carbons (Fsp3) is 0.667. The maximum absolute atomic E-state index is 12.2. The third kappa shape index (κ3) is 1.88. The number of aromatic amines is 1. The predicted octanol–water partition coefficient (Wildman–Crippen LogP) is 1.19. The van der Waals surface area contributed by atoms with Gasteiger partial charge in [0.25, 0.3) is 0 Å². The lowest BCUT2D eigenvalue weighted by molar-refractivity contribution is 0.457. The average molecular weight is 271 g/mol. The summed E-state index contributed by atoms with van der Waals surface area (Å²) >= 11 is 0. The van der Waals surface area contributed by atoms with Crippen molar-refractivity contribution < 1.29 is 8.42 Å². The minimum absolute atomic E-state index is 0.0208. The molecule has 2 rings (SSSR count). The lowest BCUT2D eigenvalue weighted by atomic mass is 10.0. The van der Waals surface area contributed by atoms with Gasteiger partial charge < -0.3 is 10.7 Å². The van der Waals surface area contributed by atoms with Crippen LogP contribution in [-0.4, -0.2) is 19.4 Å². The Bertz CT molecular complexity index is 544. The Labute approximate surface area is 108 Å². The van der Waals surface area contributed by atoms with Crippen molar-refractivity contribution in [2.75, 3.05) is 0 Å². The van der Waals surface area contributed by atoms with Gasteiger partial charge in [-0.15, -0.1) is 0 Å². The summed E-state index contributed by atoms with van der Waals surface area (Å²) < 4.78 is 27.2. The Morgan fingerprint density at radius 1 is 1.33 bits per heavy atom. The van der Waals surface area contributed by atoms with Crippen molar-refractivity contribution in [3.8, 4) is 0 Å². The standard InChI is InChI=1S/C12H21N3O2S/c1-11(2)10(12(11,3)4)15-18(16,17)9-5-8(6-13)14-7-9/h5,7,10,14-15H,6,13H2,1-4H3. The smallest absolute Gasteiger partial charge is 0.242 e. The van der Waals surface area contributed by atoms with Crippen LogP contribution in [0.1, 0.15) is 33.4 Å². The average Bonchev–Trinajstić information content (AvgIpc) is 2.68. The van der Waals surface area contributed by atoms with Gasteiger partial charge in [-0.3, -0.25) is 0 Å². The van der Waals surface area contributed by atoms with Gasteiger partial charge in [0.05, 0.1) is 4.90 Å². The maximum Gasteiger partial charge on any atom is 0.242 e. The first-order valence-electron chi connectivity index (χ1n) is 6.02. The number of aromatic nitrogens is 1. The van der Waals surface area contributed by atoms with Crippen LogP contribution in [-0.2, 0) is 16.6 Å². The molecule has 1 aromatic heterocycles. The van der Waals surface area contributed by atoms with Gasteiger partial charge >= 0.3 is 0 Å². The molecule has 0 atom stereocenters. The molecule has 1 aliphatic rings. The van der Waals surface area contributed by atoms with E-state index in [4.69, 9.17) is 5.73 Å². The maximum atomic E-state index is 12.2. The summed E-state index contributed by atoms with van der Waals surface area (Å²) in [5.74, 6) is 0. The molecule has 1 fully saturated rings. The van der Waals surface area contributed by atoms with Gasteiger partial charge in [-0.25, -0.2) is 13.1 Å². The predicted molar refractivity (Wildman–Crippen MR) is 70.4 cm³/mol. The zero-order valence-corrected chi connectivity index (χ0v) is 12.1. The topological polar surface area (TPSA) is 88.0 Å². The first-order valence-corrected chi connectivity index (χ1v) is 7.51. The van der Waals surface area contributed by atoms with Crippen LogP contribution in [0.5, 0.6) is 0 Å². The fourth-order valence-electron chi connectivity index (χ4n) is 2.41. The number of nitrogens with one attached hydrogen (secondary N) is 2. The van der Waals surface area contributed by atoms with Crippen LogP contribution in [0.4, 0.5) is 0 Å². The van der Waals surface area contributed by atoms with Crippen LogP contribution >= 0.6 is 0 Å². The first-order chi connectivity index (χ1) is 8.13. The Hall–Kier alpha value is -0.850. The molecule has 0 amide bonds. The van der Waals surface area contributed by atoms with Gasteiger partial charge in [-0.2, -0.15) is 0 Å². The molecule has 6 heteroatoms. The molecule has 0 saturated heterocycles. The molecule has 0 bridgehead atoms. The number of nitrogens with two attached hydrogens (primary N) is 1. The van der Waals surface area contributed by atoms with Gasteiger partial charge in [-0.05, 0) is 16.9 Å². The minimum atomic E-state index is -3.47. The summed E-state index contributed by atoms with van der Waals surface area (Å²) in [6.45, 7) is 8.59. The van der Waals surface area contributed by atoms with Gasteiger partial charge in [0, 0.05) is 24.5 Å². The number of sulfonamides is 1. The van der Waals surface area contributed by atoms with Gasteiger partial charge in [0.1, 0.15) is 0 Å². The van der Waals surface area contributed by atoms with Crippen LogP contribution in [0.2, 0.25) is 0 Å². The van der Waals surface area contributed by atoms with Crippen molar-refractivity contribution in [1.82, 2.24) is 9.71 Å². The monoisotopic (exact) mass is 271 g/mol. The third-order valence-corrected chi connectivity index (χ3v) is 5.94. The van der Waals surface area contributed by atoms with Gasteiger partial charge in [0.2, 0.25) is 10.0 Å². The second-order valence-corrected chi connectivity index (χ2v) is 7.78. The molecule has 0 radical (unpaired) electrons. The lowest BCUT2D eigenvalue weighted by Gasteiger charge is -2.06. The molecule has 0 unspecified atom stereocenters. The second kappa shape index (κ2) is 3.82. The summed E-state index contributed by atoms with van der Waals surface area (Å²) in [5, 5.41) is 0. The Morgan fingerprint density at radius 3 is 2.28 bits per heavy atom. The molecule has 0 spiro atoms. The van der Waals surface area contributed by atoms with E-state index in [1.165, 1.54) is 6.20 Å². The highest BCUT2D eigenvalue weighted by atomic mass is 32.2. The third-order valence-electron chi connectivity index (χ3n) is 4.54. The van der Waals surface area contributed by atoms with E-state index in [-0.39, 0.29) is 21.8 Å². The molecule has 18 heavy (non-hydrogen) atoms. The second-order valence-electron chi connectivity index (χ2n) is 6.06. The molecule has 1 saturated carbocycles. The highest BCUT2D eigenvalue weighted by Crippen LogP contribution is 2.62. The first kappa shape index (κ1) is 13.6. The summed E-state index contributed by atoms with van der Waals surface area (Å²) in [6, 6.07) is 1.54. The van der Waals surface area contributed by atoms with E-state index in [2.05, 4.69) is 37.4 Å². The van der Waals surface area contributed by atoms with Crippen LogP contribution in [0.15, 0.2) is 17.2 Å². The molecular weight excluding hydrogens is 250 g/mol. The molecule has 0 aliphatic heterocycles. The van der Waals surface area contributed by atoms with Crippen LogP contribution in [0.3, 0.4) is 0 Å². The Balaban J connectivity index is 2.19. The molecule has 102 valence electrons. The van der Waals surface area contributed by atoms with Crippen LogP contribution in [0.25, 0.3) is 0 Å². The van der Waals surface area contributed by atoms with Crippen molar-refractivity contribution in [3.05, 3.63) is 18.0 Å². The molecule has 1 heterocycles. The van der Waals surface area contributed by atoms with Crippen molar-refractivity contribution in [3.63, 3.8) is 0 Å². The number of hydrogen-bond acceptors (Lipinski definition) is 3. The summed E-state index contributed by atoms with van der Waals surface area (Å²) in [7, 11) is -3.47. The SMILES string of the molecule is CC1(C)C(NS(=O)(=O)c2c[nH]c(CN)c2)C1(C)C. The molecule has 1 aliphatic carbocycles. The Morgan fingerprint density at radius 2 is 1.89 bits per heavy atom. The summed E-state index contributed by atoms with van der Waals surface area (Å²) in [4.78, 5) is 3.10. The van der Waals surface area contributed by atoms with E-state index < -0.39 is 10.0 Å². The van der Waals surface area contributed by atoms with Crippen molar-refractivity contribution >= 4 is 10.0 Å². The quantitative estimate of drug-likeness (QED) is 0.768. The highest BCUT2D eigenvalue weighted by Gasteiger charge is 2.66. The zero-order valence-electron chi connectivity index (χ0n) is 11.2. The van der Waals surface area contributed by atoms with E-state index in [0.717, 1.165) is 0 Å². The van der Waals surface area contributed by atoms with E-state index in [1.54, 1.807) is 6.07 Å². The summed E-state index contributed by atoms with van der Waals surface area (Å²) in [6.07, 6.45) is 1.48. The number of H-pyrrole nitrogens is 1. The van der Waals surface area contributed by atoms with Crippen molar-refractivity contribution in [1.29, 1.82) is 0 Å².